The highest BCUT2D eigenvalue weighted by Gasteiger charge is 2.43. The van der Waals surface area contributed by atoms with Crippen LogP contribution in [0.2, 0.25) is 0 Å². The number of nitrogens with zero attached hydrogens (tertiary/aromatic N) is 1. The first kappa shape index (κ1) is 9.47. The summed E-state index contributed by atoms with van der Waals surface area (Å²) in [5, 5.41) is 0. The normalized spacial score (nSPS) is 41.1. The fourth-order valence-corrected chi connectivity index (χ4v) is 2.86. The molecule has 0 aromatic heterocycles. The Labute approximate surface area is 81.5 Å². The molecule has 76 valence electrons. The van der Waals surface area contributed by atoms with Crippen LogP contribution in [0.5, 0.6) is 0 Å². The van der Waals surface area contributed by atoms with Crippen LogP contribution in [-0.4, -0.2) is 29.6 Å². The van der Waals surface area contributed by atoms with Gasteiger partial charge >= 0.3 is 0 Å². The van der Waals surface area contributed by atoms with Crippen molar-refractivity contribution in [2.45, 2.75) is 45.2 Å². The van der Waals surface area contributed by atoms with Crippen LogP contribution >= 0.6 is 0 Å². The number of likely N-dealkylation sites (tertiary alicyclic amines) is 1. The molecule has 1 saturated carbocycles. The maximum absolute atomic E-state index is 6.10. The lowest BCUT2D eigenvalue weighted by atomic mass is 9.98. The van der Waals surface area contributed by atoms with Gasteiger partial charge in [-0.3, -0.25) is 4.90 Å². The molecule has 1 aliphatic heterocycles. The number of rotatable bonds is 0. The second kappa shape index (κ2) is 2.96. The Bertz CT molecular complexity index is 195. The first-order valence-electron chi connectivity index (χ1n) is 5.49. The summed E-state index contributed by atoms with van der Waals surface area (Å²) in [6.07, 6.45) is 2.62. The summed E-state index contributed by atoms with van der Waals surface area (Å²) in [4.78, 5) is 2.60. The Morgan fingerprint density at radius 1 is 1.15 bits per heavy atom. The molecule has 2 fully saturated rings. The topological polar surface area (TPSA) is 29.3 Å². The smallest absolute Gasteiger partial charge is 0.0125 e. The predicted molar refractivity (Wildman–Crippen MR) is 55.5 cm³/mol. The average Bonchev–Trinajstić information content (AvgIpc) is 2.51. The lowest BCUT2D eigenvalue weighted by Gasteiger charge is -2.32. The average molecular weight is 182 g/mol. The molecule has 13 heavy (non-hydrogen) atoms. The second-order valence-electron chi connectivity index (χ2n) is 5.74. The van der Waals surface area contributed by atoms with Gasteiger partial charge in [-0.15, -0.1) is 0 Å². The largest absolute Gasteiger partial charge is 0.327 e. The molecular weight excluding hydrogens is 160 g/mol. The molecular formula is C11H22N2. The molecule has 2 heteroatoms. The van der Waals surface area contributed by atoms with Crippen molar-refractivity contribution < 1.29 is 0 Å². The number of hydrogen-bond acceptors (Lipinski definition) is 2. The van der Waals surface area contributed by atoms with Gasteiger partial charge in [0, 0.05) is 24.7 Å². The van der Waals surface area contributed by atoms with Gasteiger partial charge in [-0.25, -0.2) is 0 Å². The molecule has 1 heterocycles. The van der Waals surface area contributed by atoms with E-state index >= 15 is 0 Å². The van der Waals surface area contributed by atoms with Crippen molar-refractivity contribution >= 4 is 0 Å². The van der Waals surface area contributed by atoms with Crippen LogP contribution in [0.25, 0.3) is 0 Å². The zero-order valence-electron chi connectivity index (χ0n) is 9.09. The van der Waals surface area contributed by atoms with Crippen LogP contribution in [0.3, 0.4) is 0 Å². The molecule has 1 aliphatic carbocycles. The van der Waals surface area contributed by atoms with E-state index in [4.69, 9.17) is 5.73 Å². The summed E-state index contributed by atoms with van der Waals surface area (Å²) in [7, 11) is 0. The van der Waals surface area contributed by atoms with Gasteiger partial charge in [-0.1, -0.05) is 0 Å². The molecule has 2 aliphatic rings. The summed E-state index contributed by atoms with van der Waals surface area (Å²) in [5.41, 5.74) is 6.44. The minimum Gasteiger partial charge on any atom is -0.327 e. The van der Waals surface area contributed by atoms with E-state index in [9.17, 15) is 0 Å². The Morgan fingerprint density at radius 2 is 1.85 bits per heavy atom. The highest BCUT2D eigenvalue weighted by Crippen LogP contribution is 2.39. The molecule has 2 N–H and O–H groups in total. The molecule has 0 aromatic carbocycles. The zero-order valence-corrected chi connectivity index (χ0v) is 9.09. The number of hydrogen-bond donors (Lipinski definition) is 1. The fraction of sp³-hybridized carbons (Fsp3) is 1.00. The Morgan fingerprint density at radius 3 is 2.38 bits per heavy atom. The van der Waals surface area contributed by atoms with Gasteiger partial charge in [-0.05, 0) is 45.4 Å². The van der Waals surface area contributed by atoms with E-state index in [0.29, 0.717) is 11.6 Å². The van der Waals surface area contributed by atoms with E-state index < -0.39 is 0 Å². The van der Waals surface area contributed by atoms with Crippen molar-refractivity contribution in [3.63, 3.8) is 0 Å². The first-order valence-corrected chi connectivity index (χ1v) is 5.49. The van der Waals surface area contributed by atoms with Gasteiger partial charge in [0.2, 0.25) is 0 Å². The monoisotopic (exact) mass is 182 g/mol. The highest BCUT2D eigenvalue weighted by molar-refractivity contribution is 4.98. The summed E-state index contributed by atoms with van der Waals surface area (Å²) in [6.45, 7) is 9.43. The van der Waals surface area contributed by atoms with Crippen molar-refractivity contribution in [2.24, 2.45) is 17.6 Å². The first-order chi connectivity index (χ1) is 5.98. The van der Waals surface area contributed by atoms with Gasteiger partial charge in [-0.2, -0.15) is 0 Å². The molecule has 0 unspecified atom stereocenters. The summed E-state index contributed by atoms with van der Waals surface area (Å²) in [5.74, 6) is 1.69. The Balaban J connectivity index is 2.03. The van der Waals surface area contributed by atoms with Crippen molar-refractivity contribution in [3.8, 4) is 0 Å². The van der Waals surface area contributed by atoms with Crippen molar-refractivity contribution in [1.29, 1.82) is 0 Å². The summed E-state index contributed by atoms with van der Waals surface area (Å²) < 4.78 is 0. The standard InChI is InChI=1S/C11H22N2/c1-11(2,3)13-6-8-4-5-10(12)9(8)7-13/h8-10H,4-7,12H2,1-3H3/t8-,9+,10-/m0/s1. The van der Waals surface area contributed by atoms with Gasteiger partial charge in [0.1, 0.15) is 0 Å². The molecule has 3 atom stereocenters. The minimum absolute atomic E-state index is 0.337. The van der Waals surface area contributed by atoms with Crippen molar-refractivity contribution in [2.75, 3.05) is 13.1 Å². The van der Waals surface area contributed by atoms with Gasteiger partial charge in [0.25, 0.3) is 0 Å². The quantitative estimate of drug-likeness (QED) is 0.614. The van der Waals surface area contributed by atoms with Gasteiger partial charge in [0.05, 0.1) is 0 Å². The van der Waals surface area contributed by atoms with Gasteiger partial charge in [0.15, 0.2) is 0 Å². The molecule has 0 aromatic rings. The van der Waals surface area contributed by atoms with E-state index in [1.807, 2.05) is 0 Å². The maximum atomic E-state index is 6.10. The summed E-state index contributed by atoms with van der Waals surface area (Å²) in [6, 6.07) is 0.484. The third-order valence-electron chi connectivity index (χ3n) is 3.86. The molecule has 0 spiro atoms. The molecule has 0 amide bonds. The van der Waals surface area contributed by atoms with Crippen molar-refractivity contribution in [1.82, 2.24) is 4.90 Å². The highest BCUT2D eigenvalue weighted by atomic mass is 15.2. The van der Waals surface area contributed by atoms with Crippen molar-refractivity contribution in [3.05, 3.63) is 0 Å². The van der Waals surface area contributed by atoms with E-state index in [1.165, 1.54) is 25.9 Å². The predicted octanol–water partition coefficient (Wildman–Crippen LogP) is 1.45. The SMILES string of the molecule is CC(C)(C)N1C[C@@H]2CC[C@H](N)[C@@H]2C1. The van der Waals surface area contributed by atoms with E-state index in [-0.39, 0.29) is 0 Å². The lowest BCUT2D eigenvalue weighted by molar-refractivity contribution is 0.159. The van der Waals surface area contributed by atoms with Crippen LogP contribution in [0, 0.1) is 11.8 Å². The van der Waals surface area contributed by atoms with Crippen LogP contribution in [-0.2, 0) is 0 Å². The molecule has 1 saturated heterocycles. The summed E-state index contributed by atoms with van der Waals surface area (Å²) >= 11 is 0. The van der Waals surface area contributed by atoms with Crippen LogP contribution in [0.1, 0.15) is 33.6 Å². The molecule has 2 nitrogen and oxygen atoms in total. The Hall–Kier alpha value is -0.0800. The van der Waals surface area contributed by atoms with E-state index in [2.05, 4.69) is 25.7 Å². The fourth-order valence-electron chi connectivity index (χ4n) is 2.86. The third kappa shape index (κ3) is 1.62. The van der Waals surface area contributed by atoms with Crippen LogP contribution in [0.15, 0.2) is 0 Å². The van der Waals surface area contributed by atoms with E-state index in [0.717, 1.165) is 11.8 Å². The number of nitrogens with two attached hydrogens (primary N) is 1. The van der Waals surface area contributed by atoms with Crippen LogP contribution in [0.4, 0.5) is 0 Å². The number of fused-ring (bicyclic) bond motifs is 1. The maximum Gasteiger partial charge on any atom is 0.0125 e. The molecule has 0 bridgehead atoms. The Kier molecular flexibility index (Phi) is 2.16. The lowest BCUT2D eigenvalue weighted by Crippen LogP contribution is -2.41. The minimum atomic E-state index is 0.337. The van der Waals surface area contributed by atoms with E-state index in [1.54, 1.807) is 0 Å². The molecule has 2 rings (SSSR count). The second-order valence-corrected chi connectivity index (χ2v) is 5.74. The zero-order chi connectivity index (χ0) is 9.64. The third-order valence-corrected chi connectivity index (χ3v) is 3.86. The van der Waals surface area contributed by atoms with Crippen LogP contribution < -0.4 is 5.73 Å². The van der Waals surface area contributed by atoms with Gasteiger partial charge < -0.3 is 5.73 Å². The molecule has 0 radical (unpaired) electrons.